The second kappa shape index (κ2) is 7.66. The van der Waals surface area contributed by atoms with Crippen molar-refractivity contribution in [3.63, 3.8) is 0 Å². The predicted octanol–water partition coefficient (Wildman–Crippen LogP) is 2.68. The number of anilines is 1. The molecule has 0 heterocycles. The van der Waals surface area contributed by atoms with E-state index in [1.165, 1.54) is 11.8 Å². The highest BCUT2D eigenvalue weighted by Crippen LogP contribution is 2.14. The van der Waals surface area contributed by atoms with Gasteiger partial charge in [0.1, 0.15) is 0 Å². The molecule has 3 N–H and O–H groups in total. The molecule has 2 atom stereocenters. The van der Waals surface area contributed by atoms with Crippen molar-refractivity contribution in [2.75, 3.05) is 18.2 Å². The molecular weight excluding hydrogens is 316 g/mol. The number of benzene rings is 1. The summed E-state index contributed by atoms with van der Waals surface area (Å²) in [6, 6.07) is 6.98. The zero-order valence-electron chi connectivity index (χ0n) is 10.3. The molecule has 0 bridgehead atoms. The van der Waals surface area contributed by atoms with Crippen LogP contribution >= 0.6 is 27.7 Å². The average Bonchev–Trinajstić information content (AvgIpc) is 2.33. The Labute approximate surface area is 120 Å². The van der Waals surface area contributed by atoms with Crippen molar-refractivity contribution in [1.29, 1.82) is 0 Å². The van der Waals surface area contributed by atoms with E-state index in [2.05, 4.69) is 26.6 Å². The van der Waals surface area contributed by atoms with Crippen LogP contribution in [-0.2, 0) is 0 Å². The van der Waals surface area contributed by atoms with Crippen molar-refractivity contribution in [1.82, 2.24) is 5.32 Å². The van der Waals surface area contributed by atoms with Crippen LogP contribution < -0.4 is 10.6 Å². The van der Waals surface area contributed by atoms with Crippen molar-refractivity contribution in [3.8, 4) is 0 Å². The number of carbonyl (C=O) groups is 1. The van der Waals surface area contributed by atoms with Crippen LogP contribution in [0.3, 0.4) is 0 Å². The van der Waals surface area contributed by atoms with Gasteiger partial charge in [0.05, 0.1) is 6.61 Å². The molecule has 0 fully saturated rings. The van der Waals surface area contributed by atoms with Crippen molar-refractivity contribution < 1.29 is 9.90 Å². The number of hydrogen-bond donors (Lipinski definition) is 3. The van der Waals surface area contributed by atoms with Gasteiger partial charge >= 0.3 is 6.03 Å². The van der Waals surface area contributed by atoms with Crippen LogP contribution in [0.15, 0.2) is 28.7 Å². The first kappa shape index (κ1) is 15.3. The van der Waals surface area contributed by atoms with Gasteiger partial charge in [0, 0.05) is 21.5 Å². The number of thioether (sulfide) groups is 1. The molecule has 6 heteroatoms. The summed E-state index contributed by atoms with van der Waals surface area (Å²) in [5.74, 6) is 0. The summed E-state index contributed by atoms with van der Waals surface area (Å²) in [5, 5.41) is 14.7. The van der Waals surface area contributed by atoms with Crippen LogP contribution in [0.4, 0.5) is 10.5 Å². The number of carbonyl (C=O) groups excluding carboxylic acids is 1. The molecule has 1 rings (SSSR count). The zero-order chi connectivity index (χ0) is 13.5. The molecular formula is C12H17BrN2O2S. The molecule has 0 aliphatic carbocycles. The summed E-state index contributed by atoms with van der Waals surface area (Å²) in [4.78, 5) is 11.7. The summed E-state index contributed by atoms with van der Waals surface area (Å²) in [6.07, 6.45) is 1.91. The number of aliphatic hydroxyl groups is 1. The maximum Gasteiger partial charge on any atom is 0.319 e. The van der Waals surface area contributed by atoms with E-state index in [0.29, 0.717) is 0 Å². The Bertz CT molecular complexity index is 382. The van der Waals surface area contributed by atoms with Crippen LogP contribution in [0.1, 0.15) is 6.92 Å². The van der Waals surface area contributed by atoms with Crippen LogP contribution in [0, 0.1) is 0 Å². The quantitative estimate of drug-likeness (QED) is 0.776. The third kappa shape index (κ3) is 4.88. The van der Waals surface area contributed by atoms with Gasteiger partial charge in [-0.1, -0.05) is 15.9 Å². The minimum atomic E-state index is -0.266. The van der Waals surface area contributed by atoms with Gasteiger partial charge in [0.15, 0.2) is 0 Å². The fourth-order valence-corrected chi connectivity index (χ4v) is 2.33. The summed E-state index contributed by atoms with van der Waals surface area (Å²) in [7, 11) is 0. The van der Waals surface area contributed by atoms with E-state index in [-0.39, 0.29) is 23.9 Å². The molecule has 0 aliphatic heterocycles. The second-order valence-electron chi connectivity index (χ2n) is 3.85. The maximum atomic E-state index is 11.7. The molecule has 0 spiro atoms. The number of aliphatic hydroxyl groups excluding tert-OH is 1. The Hall–Kier alpha value is -0.720. The lowest BCUT2D eigenvalue weighted by atomic mass is 10.2. The fraction of sp³-hybridized carbons (Fsp3) is 0.417. The molecule has 4 nitrogen and oxygen atoms in total. The molecule has 1 aromatic rings. The molecule has 2 amide bonds. The Morgan fingerprint density at radius 3 is 2.56 bits per heavy atom. The molecule has 0 aliphatic rings. The molecule has 0 saturated carbocycles. The Kier molecular flexibility index (Phi) is 6.52. The molecule has 0 aromatic heterocycles. The van der Waals surface area contributed by atoms with Crippen molar-refractivity contribution >= 4 is 39.4 Å². The normalized spacial score (nSPS) is 13.8. The van der Waals surface area contributed by atoms with Gasteiger partial charge in [-0.3, -0.25) is 0 Å². The third-order valence-corrected chi connectivity index (χ3v) is 4.19. The topological polar surface area (TPSA) is 61.4 Å². The van der Waals surface area contributed by atoms with Gasteiger partial charge in [0.25, 0.3) is 0 Å². The Balaban J connectivity index is 2.48. The highest BCUT2D eigenvalue weighted by molar-refractivity contribution is 9.10. The molecule has 100 valence electrons. The van der Waals surface area contributed by atoms with E-state index >= 15 is 0 Å². The number of hydrogen-bond acceptors (Lipinski definition) is 3. The molecule has 1 aromatic carbocycles. The molecule has 0 saturated heterocycles. The minimum Gasteiger partial charge on any atom is -0.395 e. The van der Waals surface area contributed by atoms with E-state index < -0.39 is 0 Å². The number of amides is 2. The summed E-state index contributed by atoms with van der Waals surface area (Å²) in [5.41, 5.74) is 0.729. The first-order valence-corrected chi connectivity index (χ1v) is 7.61. The van der Waals surface area contributed by atoms with Gasteiger partial charge in [-0.05, 0) is 37.4 Å². The highest BCUT2D eigenvalue weighted by atomic mass is 79.9. The Morgan fingerprint density at radius 1 is 1.44 bits per heavy atom. The van der Waals surface area contributed by atoms with Crippen LogP contribution in [0.2, 0.25) is 0 Å². The monoisotopic (exact) mass is 332 g/mol. The lowest BCUT2D eigenvalue weighted by molar-refractivity contribution is 0.243. The second-order valence-corrected chi connectivity index (χ2v) is 5.84. The maximum absolute atomic E-state index is 11.7. The summed E-state index contributed by atoms with van der Waals surface area (Å²) in [6.45, 7) is 1.92. The third-order valence-electron chi connectivity index (χ3n) is 2.50. The van der Waals surface area contributed by atoms with Gasteiger partial charge in [0.2, 0.25) is 0 Å². The fourth-order valence-electron chi connectivity index (χ4n) is 1.44. The van der Waals surface area contributed by atoms with E-state index in [9.17, 15) is 4.79 Å². The van der Waals surface area contributed by atoms with E-state index in [4.69, 9.17) is 5.11 Å². The van der Waals surface area contributed by atoms with E-state index in [0.717, 1.165) is 10.2 Å². The largest absolute Gasteiger partial charge is 0.395 e. The number of urea groups is 1. The van der Waals surface area contributed by atoms with Gasteiger partial charge < -0.3 is 15.7 Å². The standard InChI is InChI=1S/C12H17BrN2O2S/c1-8(11(7-16)18-2)14-12(17)15-10-5-3-9(13)4-6-10/h3-6,8,11,16H,7H2,1-2H3,(H2,14,15,17). The summed E-state index contributed by atoms with van der Waals surface area (Å²) >= 11 is 4.86. The molecule has 18 heavy (non-hydrogen) atoms. The average molecular weight is 333 g/mol. The lowest BCUT2D eigenvalue weighted by Gasteiger charge is -2.21. The first-order chi connectivity index (χ1) is 8.56. The molecule has 2 unspecified atom stereocenters. The number of rotatable bonds is 5. The van der Waals surface area contributed by atoms with Crippen LogP contribution in [-0.4, -0.2) is 35.3 Å². The molecule has 0 radical (unpaired) electrons. The van der Waals surface area contributed by atoms with E-state index in [1.807, 2.05) is 37.4 Å². The van der Waals surface area contributed by atoms with Gasteiger partial charge in [-0.25, -0.2) is 4.79 Å². The van der Waals surface area contributed by atoms with Crippen molar-refractivity contribution in [3.05, 3.63) is 28.7 Å². The lowest BCUT2D eigenvalue weighted by Crippen LogP contribution is -2.43. The van der Waals surface area contributed by atoms with Crippen molar-refractivity contribution in [2.24, 2.45) is 0 Å². The smallest absolute Gasteiger partial charge is 0.319 e. The van der Waals surface area contributed by atoms with Gasteiger partial charge in [-0.15, -0.1) is 0 Å². The SMILES string of the molecule is CSC(CO)C(C)NC(=O)Nc1ccc(Br)cc1. The minimum absolute atomic E-state index is 0.000618. The highest BCUT2D eigenvalue weighted by Gasteiger charge is 2.17. The number of halogens is 1. The van der Waals surface area contributed by atoms with Crippen molar-refractivity contribution in [2.45, 2.75) is 18.2 Å². The summed E-state index contributed by atoms with van der Waals surface area (Å²) < 4.78 is 0.963. The zero-order valence-corrected chi connectivity index (χ0v) is 12.7. The van der Waals surface area contributed by atoms with Crippen LogP contribution in [0.5, 0.6) is 0 Å². The Morgan fingerprint density at radius 2 is 2.06 bits per heavy atom. The predicted molar refractivity (Wildman–Crippen MR) is 80.1 cm³/mol. The first-order valence-electron chi connectivity index (χ1n) is 5.53. The number of nitrogens with one attached hydrogen (secondary N) is 2. The van der Waals surface area contributed by atoms with Gasteiger partial charge in [-0.2, -0.15) is 11.8 Å². The van der Waals surface area contributed by atoms with E-state index in [1.54, 1.807) is 0 Å². The van der Waals surface area contributed by atoms with Crippen LogP contribution in [0.25, 0.3) is 0 Å².